The van der Waals surface area contributed by atoms with Gasteiger partial charge in [0, 0.05) is 38.4 Å². The van der Waals surface area contributed by atoms with Crippen LogP contribution < -0.4 is 4.90 Å². The number of para-hydroxylation sites is 1. The Bertz CT molecular complexity index is 722. The van der Waals surface area contributed by atoms with Crippen molar-refractivity contribution in [3.8, 4) is 0 Å². The molecular formula is C19H24N4O2. The first kappa shape index (κ1) is 16.3. The van der Waals surface area contributed by atoms with Crippen LogP contribution in [0.4, 0.5) is 5.69 Å². The minimum absolute atomic E-state index is 0.0198. The molecule has 1 amide bonds. The van der Waals surface area contributed by atoms with E-state index in [1.165, 1.54) is 0 Å². The number of aryl methyl sites for hydroxylation is 1. The number of oxazole rings is 1. The average Bonchev–Trinajstić information content (AvgIpc) is 3.22. The molecule has 2 saturated heterocycles. The Morgan fingerprint density at radius 3 is 2.56 bits per heavy atom. The van der Waals surface area contributed by atoms with Gasteiger partial charge in [-0.15, -0.1) is 0 Å². The predicted molar refractivity (Wildman–Crippen MR) is 95.3 cm³/mol. The van der Waals surface area contributed by atoms with E-state index in [-0.39, 0.29) is 11.9 Å². The summed E-state index contributed by atoms with van der Waals surface area (Å²) < 4.78 is 5.57. The van der Waals surface area contributed by atoms with Crippen LogP contribution in [0.15, 0.2) is 40.9 Å². The van der Waals surface area contributed by atoms with Crippen LogP contribution in [-0.2, 0) is 11.3 Å². The monoisotopic (exact) mass is 340 g/mol. The van der Waals surface area contributed by atoms with Gasteiger partial charge in [0.05, 0.1) is 18.8 Å². The number of aromatic nitrogens is 1. The molecule has 1 aromatic heterocycles. The van der Waals surface area contributed by atoms with Gasteiger partial charge in [-0.25, -0.2) is 4.98 Å². The SMILES string of the molecule is Cc1cnc(CN2CCN([C@@H]3CCN(c4ccccc4)C3=O)CC2)o1. The van der Waals surface area contributed by atoms with Gasteiger partial charge in [-0.3, -0.25) is 14.6 Å². The third-order valence-electron chi connectivity index (χ3n) is 5.12. The van der Waals surface area contributed by atoms with E-state index in [2.05, 4.69) is 14.8 Å². The average molecular weight is 340 g/mol. The van der Waals surface area contributed by atoms with Crippen molar-refractivity contribution in [2.75, 3.05) is 37.6 Å². The van der Waals surface area contributed by atoms with Crippen molar-refractivity contribution < 1.29 is 9.21 Å². The van der Waals surface area contributed by atoms with Crippen LogP contribution in [0.5, 0.6) is 0 Å². The topological polar surface area (TPSA) is 52.8 Å². The van der Waals surface area contributed by atoms with Crippen LogP contribution in [0.1, 0.15) is 18.1 Å². The second kappa shape index (κ2) is 6.98. The lowest BCUT2D eigenvalue weighted by atomic mass is 10.2. The molecule has 0 aliphatic carbocycles. The molecule has 0 spiro atoms. The number of rotatable bonds is 4. The van der Waals surface area contributed by atoms with Gasteiger partial charge in [0.1, 0.15) is 5.76 Å². The molecule has 2 aromatic rings. The van der Waals surface area contributed by atoms with Crippen LogP contribution in [0.2, 0.25) is 0 Å². The van der Waals surface area contributed by atoms with Crippen molar-refractivity contribution in [3.05, 3.63) is 48.2 Å². The van der Waals surface area contributed by atoms with Gasteiger partial charge in [0.2, 0.25) is 11.8 Å². The maximum Gasteiger partial charge on any atom is 0.244 e. The smallest absolute Gasteiger partial charge is 0.244 e. The summed E-state index contributed by atoms with van der Waals surface area (Å²) >= 11 is 0. The molecule has 2 fully saturated rings. The molecule has 132 valence electrons. The van der Waals surface area contributed by atoms with Crippen LogP contribution >= 0.6 is 0 Å². The maximum absolute atomic E-state index is 12.8. The number of carbonyl (C=O) groups is 1. The summed E-state index contributed by atoms with van der Waals surface area (Å²) in [5.41, 5.74) is 1.01. The van der Waals surface area contributed by atoms with Gasteiger partial charge in [-0.2, -0.15) is 0 Å². The van der Waals surface area contributed by atoms with Crippen molar-refractivity contribution in [1.82, 2.24) is 14.8 Å². The Balaban J connectivity index is 1.33. The summed E-state index contributed by atoms with van der Waals surface area (Å²) in [6, 6.07) is 9.99. The third-order valence-corrected chi connectivity index (χ3v) is 5.12. The first-order chi connectivity index (χ1) is 12.2. The zero-order chi connectivity index (χ0) is 17.2. The summed E-state index contributed by atoms with van der Waals surface area (Å²) in [5, 5.41) is 0. The molecule has 0 saturated carbocycles. The Labute approximate surface area is 148 Å². The predicted octanol–water partition coefficient (Wildman–Crippen LogP) is 1.91. The molecule has 6 nitrogen and oxygen atoms in total. The van der Waals surface area contributed by atoms with E-state index >= 15 is 0 Å². The summed E-state index contributed by atoms with van der Waals surface area (Å²) in [4.78, 5) is 23.7. The number of anilines is 1. The molecule has 0 bridgehead atoms. The number of piperazine rings is 1. The molecule has 3 heterocycles. The zero-order valence-electron chi connectivity index (χ0n) is 14.6. The number of hydrogen-bond acceptors (Lipinski definition) is 5. The lowest BCUT2D eigenvalue weighted by molar-refractivity contribution is -0.122. The second-order valence-corrected chi connectivity index (χ2v) is 6.81. The minimum Gasteiger partial charge on any atom is -0.445 e. The standard InChI is InChI=1S/C19H24N4O2/c1-15-13-20-18(25-15)14-21-9-11-22(12-10-21)17-7-8-23(19(17)24)16-5-3-2-4-6-16/h2-6,13,17H,7-12,14H2,1H3/t17-/m1/s1. The molecular weight excluding hydrogens is 316 g/mol. The van der Waals surface area contributed by atoms with Gasteiger partial charge in [0.25, 0.3) is 0 Å². The Kier molecular flexibility index (Phi) is 4.55. The number of amides is 1. The normalized spacial score (nSPS) is 22.7. The number of hydrogen-bond donors (Lipinski definition) is 0. The molecule has 0 radical (unpaired) electrons. The fourth-order valence-electron chi connectivity index (χ4n) is 3.77. The highest BCUT2D eigenvalue weighted by atomic mass is 16.4. The maximum atomic E-state index is 12.8. The van der Waals surface area contributed by atoms with Crippen molar-refractivity contribution in [2.45, 2.75) is 25.9 Å². The molecule has 1 atom stereocenters. The van der Waals surface area contributed by atoms with E-state index in [4.69, 9.17) is 4.42 Å². The van der Waals surface area contributed by atoms with E-state index in [0.29, 0.717) is 0 Å². The van der Waals surface area contributed by atoms with Gasteiger partial charge in [0.15, 0.2) is 0 Å². The first-order valence-electron chi connectivity index (χ1n) is 8.95. The molecule has 0 unspecified atom stereocenters. The van der Waals surface area contributed by atoms with Gasteiger partial charge in [-0.05, 0) is 25.5 Å². The fraction of sp³-hybridized carbons (Fsp3) is 0.474. The second-order valence-electron chi connectivity index (χ2n) is 6.81. The summed E-state index contributed by atoms with van der Waals surface area (Å²) in [6.07, 6.45) is 2.67. The molecule has 25 heavy (non-hydrogen) atoms. The first-order valence-corrected chi connectivity index (χ1v) is 8.95. The number of nitrogens with zero attached hydrogens (tertiary/aromatic N) is 4. The van der Waals surface area contributed by atoms with Crippen molar-refractivity contribution in [3.63, 3.8) is 0 Å². The summed E-state index contributed by atoms with van der Waals surface area (Å²) in [5.74, 6) is 1.87. The van der Waals surface area contributed by atoms with Crippen molar-refractivity contribution in [1.29, 1.82) is 0 Å². The molecule has 1 aromatic carbocycles. The third kappa shape index (κ3) is 3.45. The lowest BCUT2D eigenvalue weighted by Gasteiger charge is -2.36. The highest BCUT2D eigenvalue weighted by molar-refractivity contribution is 5.99. The zero-order valence-corrected chi connectivity index (χ0v) is 14.6. The molecule has 2 aliphatic rings. The van der Waals surface area contributed by atoms with Gasteiger partial charge >= 0.3 is 0 Å². The largest absolute Gasteiger partial charge is 0.445 e. The Morgan fingerprint density at radius 1 is 1.12 bits per heavy atom. The van der Waals surface area contributed by atoms with Crippen LogP contribution in [0, 0.1) is 6.92 Å². The van der Waals surface area contributed by atoms with E-state index in [1.807, 2.05) is 42.2 Å². The fourth-order valence-corrected chi connectivity index (χ4v) is 3.77. The lowest BCUT2D eigenvalue weighted by Crippen LogP contribution is -2.52. The number of benzene rings is 1. The highest BCUT2D eigenvalue weighted by Gasteiger charge is 2.37. The molecule has 6 heteroatoms. The van der Waals surface area contributed by atoms with E-state index < -0.39 is 0 Å². The van der Waals surface area contributed by atoms with Crippen molar-refractivity contribution in [2.24, 2.45) is 0 Å². The minimum atomic E-state index is 0.0198. The Morgan fingerprint density at radius 2 is 1.88 bits per heavy atom. The summed E-state index contributed by atoms with van der Waals surface area (Å²) in [6.45, 7) is 7.18. The molecule has 4 rings (SSSR count). The van der Waals surface area contributed by atoms with E-state index in [9.17, 15) is 4.79 Å². The number of carbonyl (C=O) groups excluding carboxylic acids is 1. The Hall–Kier alpha value is -2.18. The van der Waals surface area contributed by atoms with Crippen molar-refractivity contribution >= 4 is 11.6 Å². The molecule has 0 N–H and O–H groups in total. The summed E-state index contributed by atoms with van der Waals surface area (Å²) in [7, 11) is 0. The van der Waals surface area contributed by atoms with Crippen LogP contribution in [0.3, 0.4) is 0 Å². The quantitative estimate of drug-likeness (QED) is 0.851. The van der Waals surface area contributed by atoms with E-state index in [1.54, 1.807) is 6.20 Å². The van der Waals surface area contributed by atoms with Crippen LogP contribution in [0.25, 0.3) is 0 Å². The molecule has 2 aliphatic heterocycles. The highest BCUT2D eigenvalue weighted by Crippen LogP contribution is 2.25. The van der Waals surface area contributed by atoms with Gasteiger partial charge < -0.3 is 9.32 Å². The van der Waals surface area contributed by atoms with Crippen LogP contribution in [-0.4, -0.2) is 59.5 Å². The van der Waals surface area contributed by atoms with Gasteiger partial charge in [-0.1, -0.05) is 18.2 Å². The van der Waals surface area contributed by atoms with E-state index in [0.717, 1.165) is 63.0 Å².